The molecule has 150 valence electrons. The van der Waals surface area contributed by atoms with E-state index in [4.69, 9.17) is 4.74 Å². The van der Waals surface area contributed by atoms with Crippen molar-refractivity contribution in [2.45, 2.75) is 18.4 Å². The average Bonchev–Trinajstić information content (AvgIpc) is 2.79. The van der Waals surface area contributed by atoms with Gasteiger partial charge in [0.05, 0.1) is 19.3 Å². The molecule has 0 saturated carbocycles. The Morgan fingerprint density at radius 2 is 1.62 bits per heavy atom. The second kappa shape index (κ2) is 7.97. The van der Waals surface area contributed by atoms with E-state index >= 15 is 0 Å². The number of benzene rings is 2. The predicted molar refractivity (Wildman–Crippen MR) is 115 cm³/mol. The summed E-state index contributed by atoms with van der Waals surface area (Å²) >= 11 is 0. The Kier molecular flexibility index (Phi) is 5.04. The second-order valence-electron chi connectivity index (χ2n) is 7.85. The normalized spacial score (nSPS) is 22.8. The van der Waals surface area contributed by atoms with E-state index in [0.29, 0.717) is 6.54 Å². The maximum Gasteiger partial charge on any atom is 0.134 e. The lowest BCUT2D eigenvalue weighted by atomic mass is 9.86. The number of nitrogens with zero attached hydrogens (tertiary/aromatic N) is 4. The van der Waals surface area contributed by atoms with E-state index in [0.717, 1.165) is 50.9 Å². The molecule has 2 fully saturated rings. The van der Waals surface area contributed by atoms with Gasteiger partial charge in [0.1, 0.15) is 18.0 Å². The Bertz CT molecular complexity index is 989. The monoisotopic (exact) mass is 390 g/mol. The summed E-state index contributed by atoms with van der Waals surface area (Å²) in [7, 11) is 0. The van der Waals surface area contributed by atoms with E-state index in [9.17, 15) is 5.11 Å². The van der Waals surface area contributed by atoms with Gasteiger partial charge in [-0.15, -0.1) is 0 Å². The standard InChI is InChI=1S/C23H26N4O2/c28-21-15-27(23-14-22(24-16-25-23)26-9-11-29-12-10-26)8-7-20(21)19-6-5-17-3-1-2-4-18(17)13-19/h1-6,13-14,16,20-21,28H,7-12,15H2/t20-,21+/m0/s1. The van der Waals surface area contributed by atoms with Crippen molar-refractivity contribution >= 4 is 22.4 Å². The highest BCUT2D eigenvalue weighted by atomic mass is 16.5. The number of anilines is 2. The molecule has 0 radical (unpaired) electrons. The molecule has 1 N–H and O–H groups in total. The first kappa shape index (κ1) is 18.3. The van der Waals surface area contributed by atoms with Gasteiger partial charge in [0.15, 0.2) is 0 Å². The van der Waals surface area contributed by atoms with Crippen LogP contribution in [0.5, 0.6) is 0 Å². The minimum atomic E-state index is -0.424. The SMILES string of the molecule is O[C@@H]1CN(c2cc(N3CCOCC3)ncn2)CC[C@H]1c1ccc2ccccc2c1. The predicted octanol–water partition coefficient (Wildman–Crippen LogP) is 2.82. The van der Waals surface area contributed by atoms with E-state index < -0.39 is 6.10 Å². The maximum atomic E-state index is 10.9. The molecule has 0 unspecified atom stereocenters. The number of ether oxygens (including phenoxy) is 1. The topological polar surface area (TPSA) is 61.7 Å². The maximum absolute atomic E-state index is 10.9. The Balaban J connectivity index is 1.32. The van der Waals surface area contributed by atoms with Crippen molar-refractivity contribution in [2.75, 3.05) is 49.2 Å². The molecule has 1 aromatic heterocycles. The molecule has 5 rings (SSSR count). The minimum absolute atomic E-state index is 0.149. The average molecular weight is 390 g/mol. The van der Waals surface area contributed by atoms with Gasteiger partial charge in [-0.2, -0.15) is 0 Å². The third-order valence-corrected chi connectivity index (χ3v) is 6.08. The van der Waals surface area contributed by atoms with Gasteiger partial charge in [-0.3, -0.25) is 0 Å². The van der Waals surface area contributed by atoms with Gasteiger partial charge in [0.2, 0.25) is 0 Å². The molecule has 3 aromatic rings. The van der Waals surface area contributed by atoms with Crippen LogP contribution in [0.3, 0.4) is 0 Å². The third kappa shape index (κ3) is 3.78. The molecule has 6 nitrogen and oxygen atoms in total. The highest BCUT2D eigenvalue weighted by Crippen LogP contribution is 2.32. The smallest absolute Gasteiger partial charge is 0.134 e. The summed E-state index contributed by atoms with van der Waals surface area (Å²) in [6, 6.07) is 17.0. The molecular formula is C23H26N4O2. The summed E-state index contributed by atoms with van der Waals surface area (Å²) in [5, 5.41) is 13.4. The molecule has 0 aliphatic carbocycles. The van der Waals surface area contributed by atoms with Gasteiger partial charge in [0, 0.05) is 38.2 Å². The first-order valence-corrected chi connectivity index (χ1v) is 10.3. The number of rotatable bonds is 3. The zero-order valence-corrected chi connectivity index (χ0v) is 16.4. The number of aromatic nitrogens is 2. The summed E-state index contributed by atoms with van der Waals surface area (Å²) in [5.41, 5.74) is 1.22. The van der Waals surface area contributed by atoms with Crippen LogP contribution in [0.1, 0.15) is 17.9 Å². The van der Waals surface area contributed by atoms with Gasteiger partial charge in [-0.05, 0) is 22.8 Å². The van der Waals surface area contributed by atoms with Gasteiger partial charge >= 0.3 is 0 Å². The fraction of sp³-hybridized carbons (Fsp3) is 0.391. The number of aliphatic hydroxyl groups is 1. The van der Waals surface area contributed by atoms with Gasteiger partial charge in [-0.25, -0.2) is 9.97 Å². The summed E-state index contributed by atoms with van der Waals surface area (Å²) in [6.45, 7) is 4.61. The zero-order valence-electron chi connectivity index (χ0n) is 16.4. The van der Waals surface area contributed by atoms with E-state index in [-0.39, 0.29) is 5.92 Å². The number of hydrogen-bond donors (Lipinski definition) is 1. The Morgan fingerprint density at radius 1 is 0.862 bits per heavy atom. The second-order valence-corrected chi connectivity index (χ2v) is 7.85. The zero-order chi connectivity index (χ0) is 19.6. The summed E-state index contributed by atoms with van der Waals surface area (Å²) in [5.74, 6) is 1.97. The lowest BCUT2D eigenvalue weighted by Crippen LogP contribution is -2.43. The van der Waals surface area contributed by atoms with E-state index in [2.05, 4.69) is 62.2 Å². The largest absolute Gasteiger partial charge is 0.391 e. The number of fused-ring (bicyclic) bond motifs is 1. The molecule has 3 heterocycles. The van der Waals surface area contributed by atoms with Crippen molar-refractivity contribution in [1.29, 1.82) is 0 Å². The van der Waals surface area contributed by atoms with Crippen molar-refractivity contribution in [1.82, 2.24) is 9.97 Å². The van der Waals surface area contributed by atoms with Crippen LogP contribution in [-0.4, -0.2) is 60.6 Å². The molecule has 2 saturated heterocycles. The molecule has 2 aliphatic rings. The van der Waals surface area contributed by atoms with Crippen LogP contribution in [0.2, 0.25) is 0 Å². The molecule has 2 atom stereocenters. The van der Waals surface area contributed by atoms with Gasteiger partial charge in [0.25, 0.3) is 0 Å². The lowest BCUT2D eigenvalue weighted by Gasteiger charge is -2.37. The Labute approximate surface area is 170 Å². The van der Waals surface area contributed by atoms with Crippen LogP contribution in [-0.2, 0) is 4.74 Å². The number of β-amino-alcohol motifs (C(OH)–C–C–N with tert-alkyl or cyclic N) is 1. The molecule has 0 spiro atoms. The Hall–Kier alpha value is -2.70. The lowest BCUT2D eigenvalue weighted by molar-refractivity contribution is 0.122. The fourth-order valence-electron chi connectivity index (χ4n) is 4.44. The molecule has 2 aromatic carbocycles. The van der Waals surface area contributed by atoms with Crippen molar-refractivity contribution in [3.05, 3.63) is 60.4 Å². The van der Waals surface area contributed by atoms with E-state index in [1.165, 1.54) is 16.3 Å². The highest BCUT2D eigenvalue weighted by molar-refractivity contribution is 5.83. The molecule has 6 heteroatoms. The molecule has 0 bridgehead atoms. The summed E-state index contributed by atoms with van der Waals surface area (Å²) in [4.78, 5) is 13.3. The van der Waals surface area contributed by atoms with Gasteiger partial charge in [-0.1, -0.05) is 42.5 Å². The first-order valence-electron chi connectivity index (χ1n) is 10.3. The molecule has 2 aliphatic heterocycles. The van der Waals surface area contributed by atoms with E-state index in [1.54, 1.807) is 6.33 Å². The van der Waals surface area contributed by atoms with Crippen molar-refractivity contribution in [3.63, 3.8) is 0 Å². The van der Waals surface area contributed by atoms with Crippen LogP contribution in [0, 0.1) is 0 Å². The van der Waals surface area contributed by atoms with E-state index in [1.807, 2.05) is 6.07 Å². The number of piperidine rings is 1. The van der Waals surface area contributed by atoms with Crippen LogP contribution in [0.4, 0.5) is 11.6 Å². The quantitative estimate of drug-likeness (QED) is 0.742. The van der Waals surface area contributed by atoms with Crippen LogP contribution < -0.4 is 9.80 Å². The van der Waals surface area contributed by atoms with Gasteiger partial charge < -0.3 is 19.6 Å². The number of aliphatic hydroxyl groups excluding tert-OH is 1. The third-order valence-electron chi connectivity index (χ3n) is 6.08. The minimum Gasteiger partial charge on any atom is -0.391 e. The van der Waals surface area contributed by atoms with Crippen molar-refractivity contribution in [2.24, 2.45) is 0 Å². The number of hydrogen-bond acceptors (Lipinski definition) is 6. The molecule has 29 heavy (non-hydrogen) atoms. The summed E-state index contributed by atoms with van der Waals surface area (Å²) in [6.07, 6.45) is 2.10. The first-order chi connectivity index (χ1) is 14.3. The van der Waals surface area contributed by atoms with Crippen molar-refractivity contribution in [3.8, 4) is 0 Å². The highest BCUT2D eigenvalue weighted by Gasteiger charge is 2.30. The molecular weight excluding hydrogens is 364 g/mol. The van der Waals surface area contributed by atoms with Crippen molar-refractivity contribution < 1.29 is 9.84 Å². The number of morpholine rings is 1. The van der Waals surface area contributed by atoms with Crippen LogP contribution in [0.15, 0.2) is 54.9 Å². The Morgan fingerprint density at radius 3 is 2.41 bits per heavy atom. The molecule has 0 amide bonds. The van der Waals surface area contributed by atoms with Crippen LogP contribution in [0.25, 0.3) is 10.8 Å². The fourth-order valence-corrected chi connectivity index (χ4v) is 4.44. The van der Waals surface area contributed by atoms with Crippen LogP contribution >= 0.6 is 0 Å². The summed E-state index contributed by atoms with van der Waals surface area (Å²) < 4.78 is 5.43.